The highest BCUT2D eigenvalue weighted by molar-refractivity contribution is 6.32. The summed E-state index contributed by atoms with van der Waals surface area (Å²) in [5, 5.41) is 11.6. The largest absolute Gasteiger partial charge is 0.345 e. The van der Waals surface area contributed by atoms with E-state index in [1.54, 1.807) is 6.08 Å². The van der Waals surface area contributed by atoms with Gasteiger partial charge in [0.1, 0.15) is 18.0 Å². The van der Waals surface area contributed by atoms with Crippen LogP contribution in [-0.2, 0) is 14.5 Å². The normalized spacial score (nSPS) is 15.9. The topological polar surface area (TPSA) is 110 Å². The molecule has 1 aromatic rings. The summed E-state index contributed by atoms with van der Waals surface area (Å²) >= 11 is 0. The number of aldehydes is 1. The van der Waals surface area contributed by atoms with Crippen LogP contribution in [0, 0.1) is 5.92 Å². The van der Waals surface area contributed by atoms with E-state index in [1.807, 2.05) is 0 Å². The number of hydrogen-bond acceptors (Lipinski definition) is 6. The van der Waals surface area contributed by atoms with E-state index in [1.165, 1.54) is 43.9 Å². The number of hydrogen-bond donors (Lipinski definition) is 2. The van der Waals surface area contributed by atoms with Crippen molar-refractivity contribution in [3.8, 4) is 0 Å². The van der Waals surface area contributed by atoms with Crippen LogP contribution < -0.4 is 5.32 Å². The standard InChI is InChI=1S/C22H27NO6/c1-2-3-4-5-6-7-8-9-16(29-28)13-20(25)23-15-10-11-17-18(12-15)22(27)19(14-24)21(17)26/h9-12,14,19,28H,2-8,13H2,1H3,(H,23,25). The van der Waals surface area contributed by atoms with Crippen molar-refractivity contribution < 1.29 is 29.3 Å². The first-order valence-corrected chi connectivity index (χ1v) is 9.99. The number of Topliss-reactive ketones (excluding diaryl/α,β-unsaturated/α-hetero) is 2. The average molecular weight is 401 g/mol. The Balaban J connectivity index is 1.88. The molecule has 0 saturated heterocycles. The lowest BCUT2D eigenvalue weighted by Crippen LogP contribution is -2.16. The van der Waals surface area contributed by atoms with Crippen LogP contribution in [0.15, 0.2) is 30.0 Å². The molecule has 0 aromatic heterocycles. The second kappa shape index (κ2) is 11.3. The highest BCUT2D eigenvalue weighted by atomic mass is 17.1. The first-order chi connectivity index (χ1) is 14.0. The van der Waals surface area contributed by atoms with Gasteiger partial charge in [0.2, 0.25) is 5.91 Å². The maximum atomic E-state index is 12.2. The summed E-state index contributed by atoms with van der Waals surface area (Å²) in [5.74, 6) is -2.66. The molecule has 0 radical (unpaired) electrons. The number of unbranched alkanes of at least 4 members (excludes halogenated alkanes) is 6. The van der Waals surface area contributed by atoms with Gasteiger partial charge in [0, 0.05) is 16.8 Å². The maximum Gasteiger partial charge on any atom is 0.232 e. The Hall–Kier alpha value is -2.80. The Labute approximate surface area is 170 Å². The molecule has 0 aliphatic heterocycles. The SMILES string of the molecule is CCCCCCCCC=C(CC(=O)Nc1ccc2c(c1)C(=O)C(C=O)C2=O)OO. The minimum atomic E-state index is -1.30. The molecule has 0 heterocycles. The van der Waals surface area contributed by atoms with Crippen molar-refractivity contribution in [1.82, 2.24) is 0 Å². The predicted molar refractivity (Wildman–Crippen MR) is 108 cm³/mol. The second-order valence-corrected chi connectivity index (χ2v) is 7.15. The number of anilines is 1. The number of rotatable bonds is 12. The van der Waals surface area contributed by atoms with Gasteiger partial charge in [-0.15, -0.1) is 0 Å². The highest BCUT2D eigenvalue weighted by Gasteiger charge is 2.38. The quantitative estimate of drug-likeness (QED) is 0.135. The molecule has 2 rings (SSSR count). The molecule has 0 bridgehead atoms. The molecule has 1 unspecified atom stereocenters. The van der Waals surface area contributed by atoms with Crippen molar-refractivity contribution in [2.24, 2.45) is 5.92 Å². The van der Waals surface area contributed by atoms with E-state index in [4.69, 9.17) is 5.26 Å². The number of fused-ring (bicyclic) bond motifs is 1. The number of allylic oxidation sites excluding steroid dienone is 1. The third-order valence-electron chi connectivity index (χ3n) is 4.92. The summed E-state index contributed by atoms with van der Waals surface area (Å²) in [6.45, 7) is 2.17. The zero-order valence-electron chi connectivity index (χ0n) is 16.6. The van der Waals surface area contributed by atoms with Crippen molar-refractivity contribution in [3.63, 3.8) is 0 Å². The molecule has 0 saturated carbocycles. The van der Waals surface area contributed by atoms with E-state index in [-0.39, 0.29) is 23.3 Å². The molecule has 29 heavy (non-hydrogen) atoms. The van der Waals surface area contributed by atoms with E-state index in [2.05, 4.69) is 17.1 Å². The highest BCUT2D eigenvalue weighted by Crippen LogP contribution is 2.28. The zero-order chi connectivity index (χ0) is 21.2. The first-order valence-electron chi connectivity index (χ1n) is 9.99. The number of nitrogens with one attached hydrogen (secondary N) is 1. The molecule has 2 N–H and O–H groups in total. The summed E-state index contributed by atoms with van der Waals surface area (Å²) in [4.78, 5) is 51.5. The van der Waals surface area contributed by atoms with Gasteiger partial charge < -0.3 is 15.0 Å². The molecule has 1 aromatic carbocycles. The molecule has 1 aliphatic carbocycles. The summed E-state index contributed by atoms with van der Waals surface area (Å²) in [6, 6.07) is 4.30. The van der Waals surface area contributed by atoms with Gasteiger partial charge in [-0.2, -0.15) is 0 Å². The lowest BCUT2D eigenvalue weighted by atomic mass is 10.1. The van der Waals surface area contributed by atoms with Crippen molar-refractivity contribution in [1.29, 1.82) is 0 Å². The van der Waals surface area contributed by atoms with Crippen LogP contribution in [0.3, 0.4) is 0 Å². The fourth-order valence-electron chi connectivity index (χ4n) is 3.31. The maximum absolute atomic E-state index is 12.2. The number of carbonyl (C=O) groups excluding carboxylic acids is 4. The number of ketones is 2. The first kappa shape index (κ1) is 22.5. The van der Waals surface area contributed by atoms with Crippen LogP contribution in [0.4, 0.5) is 5.69 Å². The van der Waals surface area contributed by atoms with E-state index < -0.39 is 23.4 Å². The molecule has 7 nitrogen and oxygen atoms in total. The van der Waals surface area contributed by atoms with Gasteiger partial charge in [-0.05, 0) is 37.1 Å². The van der Waals surface area contributed by atoms with Crippen molar-refractivity contribution in [2.75, 3.05) is 5.32 Å². The van der Waals surface area contributed by atoms with Crippen molar-refractivity contribution in [2.45, 2.75) is 58.3 Å². The molecule has 1 atom stereocenters. The monoisotopic (exact) mass is 401 g/mol. The number of benzene rings is 1. The summed E-state index contributed by atoms with van der Waals surface area (Å²) in [7, 11) is 0. The van der Waals surface area contributed by atoms with Crippen molar-refractivity contribution in [3.05, 3.63) is 41.2 Å². The molecule has 1 aliphatic rings. The Morgan fingerprint density at radius 2 is 1.79 bits per heavy atom. The second-order valence-electron chi connectivity index (χ2n) is 7.15. The third-order valence-corrected chi connectivity index (χ3v) is 4.92. The van der Waals surface area contributed by atoms with Gasteiger partial charge in [-0.1, -0.05) is 39.0 Å². The number of amides is 1. The van der Waals surface area contributed by atoms with Crippen LogP contribution >= 0.6 is 0 Å². The lowest BCUT2D eigenvalue weighted by molar-refractivity contribution is -0.205. The van der Waals surface area contributed by atoms with Crippen LogP contribution in [0.5, 0.6) is 0 Å². The summed E-state index contributed by atoms with van der Waals surface area (Å²) < 4.78 is 0. The molecule has 156 valence electrons. The van der Waals surface area contributed by atoms with E-state index >= 15 is 0 Å². The van der Waals surface area contributed by atoms with Gasteiger partial charge in [0.15, 0.2) is 11.6 Å². The van der Waals surface area contributed by atoms with Gasteiger partial charge in [0.25, 0.3) is 0 Å². The molecular formula is C22H27NO6. The van der Waals surface area contributed by atoms with Crippen LogP contribution in [0.2, 0.25) is 0 Å². The Bertz CT molecular complexity index is 798. The Morgan fingerprint density at radius 3 is 2.48 bits per heavy atom. The minimum Gasteiger partial charge on any atom is -0.345 e. The van der Waals surface area contributed by atoms with E-state index in [0.29, 0.717) is 18.4 Å². The predicted octanol–water partition coefficient (Wildman–Crippen LogP) is 4.33. The van der Waals surface area contributed by atoms with E-state index in [9.17, 15) is 19.2 Å². The minimum absolute atomic E-state index is 0.127. The van der Waals surface area contributed by atoms with Crippen LogP contribution in [0.25, 0.3) is 0 Å². The molecule has 0 fully saturated rings. The average Bonchev–Trinajstić information content (AvgIpc) is 2.95. The Kier molecular flexibility index (Phi) is 8.73. The number of carbonyl (C=O) groups is 4. The van der Waals surface area contributed by atoms with Gasteiger partial charge >= 0.3 is 0 Å². The Morgan fingerprint density at radius 1 is 1.10 bits per heavy atom. The smallest absolute Gasteiger partial charge is 0.232 e. The van der Waals surface area contributed by atoms with Crippen molar-refractivity contribution >= 4 is 29.4 Å². The fraction of sp³-hybridized carbons (Fsp3) is 0.455. The molecule has 7 heteroatoms. The van der Waals surface area contributed by atoms with Crippen LogP contribution in [-0.4, -0.2) is 29.0 Å². The van der Waals surface area contributed by atoms with Crippen LogP contribution in [0.1, 0.15) is 79.0 Å². The third kappa shape index (κ3) is 6.09. The fourth-order valence-corrected chi connectivity index (χ4v) is 3.31. The van der Waals surface area contributed by atoms with Gasteiger partial charge in [0.05, 0.1) is 6.42 Å². The molecule has 0 spiro atoms. The lowest BCUT2D eigenvalue weighted by Gasteiger charge is -2.08. The summed E-state index contributed by atoms with van der Waals surface area (Å²) in [5.41, 5.74) is 0.639. The molecular weight excluding hydrogens is 374 g/mol. The molecule has 1 amide bonds. The zero-order valence-corrected chi connectivity index (χ0v) is 16.6. The van der Waals surface area contributed by atoms with E-state index in [0.717, 1.165) is 12.8 Å². The summed E-state index contributed by atoms with van der Waals surface area (Å²) in [6.07, 6.45) is 9.44. The van der Waals surface area contributed by atoms with Gasteiger partial charge in [-0.25, -0.2) is 5.26 Å². The van der Waals surface area contributed by atoms with Gasteiger partial charge in [-0.3, -0.25) is 14.4 Å².